The molecule has 4 heteroatoms. The van der Waals surface area contributed by atoms with Gasteiger partial charge >= 0.3 is 11.8 Å². The van der Waals surface area contributed by atoms with E-state index in [2.05, 4.69) is 17.4 Å². The lowest BCUT2D eigenvalue weighted by atomic mass is 9.88. The Bertz CT molecular complexity index is 523. The second-order valence-electron chi connectivity index (χ2n) is 6.52. The van der Waals surface area contributed by atoms with Gasteiger partial charge in [-0.05, 0) is 30.7 Å². The molecule has 0 spiro atoms. The fourth-order valence-corrected chi connectivity index (χ4v) is 3.64. The topological polar surface area (TPSA) is 49.4 Å². The van der Waals surface area contributed by atoms with Crippen molar-refractivity contribution in [2.45, 2.75) is 44.6 Å². The minimum Gasteiger partial charge on any atom is -0.346 e. The molecule has 1 aromatic rings. The van der Waals surface area contributed by atoms with E-state index in [0.29, 0.717) is 12.5 Å². The molecule has 0 bridgehead atoms. The van der Waals surface area contributed by atoms with Gasteiger partial charge < -0.3 is 10.2 Å². The van der Waals surface area contributed by atoms with Gasteiger partial charge in [0.15, 0.2) is 0 Å². The standard InChI is InChI=1S/C18H24N2O2/c21-17-18(22)20(13-15-9-5-2-6-10-15)16(12-19-17)11-14-7-3-1-4-8-14/h1,3-4,7-8,15-16H,2,5-6,9-13H2,(H,19,21)/t16-/m0/s1. The van der Waals surface area contributed by atoms with Gasteiger partial charge in [-0.2, -0.15) is 0 Å². The molecule has 118 valence electrons. The summed E-state index contributed by atoms with van der Waals surface area (Å²) in [6, 6.07) is 10.3. The number of hydrogen-bond donors (Lipinski definition) is 1. The van der Waals surface area contributed by atoms with E-state index in [1.165, 1.54) is 37.7 Å². The van der Waals surface area contributed by atoms with Gasteiger partial charge in [0.1, 0.15) is 0 Å². The van der Waals surface area contributed by atoms with Crippen LogP contribution in [0.25, 0.3) is 0 Å². The van der Waals surface area contributed by atoms with Gasteiger partial charge in [0.05, 0.1) is 6.04 Å². The van der Waals surface area contributed by atoms with Gasteiger partial charge in [-0.25, -0.2) is 0 Å². The summed E-state index contributed by atoms with van der Waals surface area (Å²) >= 11 is 0. The van der Waals surface area contributed by atoms with E-state index in [1.54, 1.807) is 0 Å². The van der Waals surface area contributed by atoms with Crippen LogP contribution < -0.4 is 5.32 Å². The first-order chi connectivity index (χ1) is 10.7. The predicted molar refractivity (Wildman–Crippen MR) is 85.2 cm³/mol. The lowest BCUT2D eigenvalue weighted by Crippen LogP contribution is -2.59. The fraction of sp³-hybridized carbons (Fsp3) is 0.556. The van der Waals surface area contributed by atoms with Gasteiger partial charge in [0.25, 0.3) is 0 Å². The van der Waals surface area contributed by atoms with Crippen molar-refractivity contribution >= 4 is 11.8 Å². The number of carbonyl (C=O) groups is 2. The van der Waals surface area contributed by atoms with Crippen molar-refractivity contribution in [2.24, 2.45) is 5.92 Å². The maximum atomic E-state index is 12.3. The second kappa shape index (κ2) is 6.95. The van der Waals surface area contributed by atoms with Crippen molar-refractivity contribution in [3.05, 3.63) is 35.9 Å². The van der Waals surface area contributed by atoms with Crippen molar-refractivity contribution in [3.8, 4) is 0 Å². The largest absolute Gasteiger partial charge is 0.346 e. The van der Waals surface area contributed by atoms with E-state index < -0.39 is 5.91 Å². The Morgan fingerprint density at radius 2 is 1.77 bits per heavy atom. The Balaban J connectivity index is 1.70. The van der Waals surface area contributed by atoms with Crippen molar-refractivity contribution in [1.82, 2.24) is 10.2 Å². The highest BCUT2D eigenvalue weighted by Crippen LogP contribution is 2.26. The monoisotopic (exact) mass is 300 g/mol. The molecule has 1 aromatic carbocycles. The zero-order valence-corrected chi connectivity index (χ0v) is 13.0. The summed E-state index contributed by atoms with van der Waals surface area (Å²) in [5.41, 5.74) is 1.21. The number of nitrogens with one attached hydrogen (secondary N) is 1. The maximum absolute atomic E-state index is 12.3. The molecule has 1 heterocycles. The number of benzene rings is 1. The molecule has 2 aliphatic rings. The van der Waals surface area contributed by atoms with E-state index in [9.17, 15) is 9.59 Å². The van der Waals surface area contributed by atoms with E-state index >= 15 is 0 Å². The van der Waals surface area contributed by atoms with Gasteiger partial charge in [-0.3, -0.25) is 9.59 Å². The summed E-state index contributed by atoms with van der Waals surface area (Å²) in [5, 5.41) is 2.74. The summed E-state index contributed by atoms with van der Waals surface area (Å²) in [5.74, 6) is -0.236. The van der Waals surface area contributed by atoms with Gasteiger partial charge in [0.2, 0.25) is 0 Å². The first-order valence-corrected chi connectivity index (χ1v) is 8.37. The van der Waals surface area contributed by atoms with Crippen LogP contribution in [0, 0.1) is 5.92 Å². The molecule has 2 fully saturated rings. The second-order valence-corrected chi connectivity index (χ2v) is 6.52. The molecule has 1 saturated heterocycles. The molecule has 1 aliphatic heterocycles. The molecule has 0 unspecified atom stereocenters. The van der Waals surface area contributed by atoms with Crippen molar-refractivity contribution in [2.75, 3.05) is 13.1 Å². The molecule has 0 aromatic heterocycles. The van der Waals surface area contributed by atoms with Gasteiger partial charge in [-0.15, -0.1) is 0 Å². The number of piperazine rings is 1. The van der Waals surface area contributed by atoms with Crippen LogP contribution in [0.15, 0.2) is 30.3 Å². The molecule has 1 N–H and O–H groups in total. The Kier molecular flexibility index (Phi) is 4.76. The molecule has 1 saturated carbocycles. The van der Waals surface area contributed by atoms with Crippen LogP contribution in [-0.2, 0) is 16.0 Å². The van der Waals surface area contributed by atoms with Crippen molar-refractivity contribution < 1.29 is 9.59 Å². The summed E-state index contributed by atoms with van der Waals surface area (Å²) in [6.45, 7) is 1.30. The number of amides is 2. The van der Waals surface area contributed by atoms with Crippen LogP contribution in [0.5, 0.6) is 0 Å². The highest BCUT2D eigenvalue weighted by molar-refractivity contribution is 6.35. The molecule has 3 rings (SSSR count). The SMILES string of the molecule is O=C1NC[C@H](Cc2ccccc2)N(CC2CCCCC2)C1=O. The number of hydrogen-bond acceptors (Lipinski definition) is 2. The number of nitrogens with zero attached hydrogens (tertiary/aromatic N) is 1. The Hall–Kier alpha value is -1.84. The quantitative estimate of drug-likeness (QED) is 0.866. The molecule has 0 radical (unpaired) electrons. The third-order valence-corrected chi connectivity index (χ3v) is 4.89. The normalized spacial score (nSPS) is 23.5. The molecule has 4 nitrogen and oxygen atoms in total. The molecular formula is C18H24N2O2. The van der Waals surface area contributed by atoms with Crippen LogP contribution in [-0.4, -0.2) is 35.8 Å². The highest BCUT2D eigenvalue weighted by atomic mass is 16.2. The summed E-state index contributed by atoms with van der Waals surface area (Å²) in [7, 11) is 0. The van der Waals surface area contributed by atoms with Gasteiger partial charge in [0, 0.05) is 13.1 Å². The van der Waals surface area contributed by atoms with Crippen LogP contribution in [0.2, 0.25) is 0 Å². The van der Waals surface area contributed by atoms with E-state index in [4.69, 9.17) is 0 Å². The van der Waals surface area contributed by atoms with Crippen molar-refractivity contribution in [3.63, 3.8) is 0 Å². The average molecular weight is 300 g/mol. The Morgan fingerprint density at radius 3 is 2.50 bits per heavy atom. The predicted octanol–water partition coefficient (Wildman–Crippen LogP) is 2.14. The number of rotatable bonds is 4. The molecular weight excluding hydrogens is 276 g/mol. The highest BCUT2D eigenvalue weighted by Gasteiger charge is 2.35. The molecule has 22 heavy (non-hydrogen) atoms. The molecule has 2 amide bonds. The number of carbonyl (C=O) groups excluding carboxylic acids is 2. The first-order valence-electron chi connectivity index (χ1n) is 8.37. The Morgan fingerprint density at radius 1 is 1.05 bits per heavy atom. The van der Waals surface area contributed by atoms with E-state index in [0.717, 1.165) is 13.0 Å². The zero-order valence-electron chi connectivity index (χ0n) is 13.0. The lowest BCUT2D eigenvalue weighted by molar-refractivity contribution is -0.151. The van der Waals surface area contributed by atoms with Crippen molar-refractivity contribution in [1.29, 1.82) is 0 Å². The Labute approximate surface area is 131 Å². The smallest absolute Gasteiger partial charge is 0.312 e. The van der Waals surface area contributed by atoms with Gasteiger partial charge in [-0.1, -0.05) is 49.6 Å². The van der Waals surface area contributed by atoms with Crippen LogP contribution in [0.4, 0.5) is 0 Å². The maximum Gasteiger partial charge on any atom is 0.312 e. The minimum absolute atomic E-state index is 0.0783. The third kappa shape index (κ3) is 3.49. The fourth-order valence-electron chi connectivity index (χ4n) is 3.64. The summed E-state index contributed by atoms with van der Waals surface area (Å²) < 4.78 is 0. The molecule has 1 atom stereocenters. The zero-order chi connectivity index (χ0) is 15.4. The third-order valence-electron chi connectivity index (χ3n) is 4.89. The van der Waals surface area contributed by atoms with Crippen LogP contribution in [0.3, 0.4) is 0 Å². The minimum atomic E-state index is -0.444. The average Bonchev–Trinajstić information content (AvgIpc) is 2.56. The summed E-state index contributed by atoms with van der Waals surface area (Å²) in [4.78, 5) is 25.9. The van der Waals surface area contributed by atoms with Crippen LogP contribution in [0.1, 0.15) is 37.7 Å². The lowest BCUT2D eigenvalue weighted by Gasteiger charge is -2.38. The van der Waals surface area contributed by atoms with E-state index in [-0.39, 0.29) is 11.9 Å². The summed E-state index contributed by atoms with van der Waals surface area (Å²) in [6.07, 6.45) is 6.98. The first kappa shape index (κ1) is 15.1. The van der Waals surface area contributed by atoms with E-state index in [1.807, 2.05) is 23.1 Å². The molecule has 1 aliphatic carbocycles. The van der Waals surface area contributed by atoms with Crippen LogP contribution >= 0.6 is 0 Å².